The summed E-state index contributed by atoms with van der Waals surface area (Å²) < 4.78 is 11.9. The molecule has 2 aromatic carbocycles. The van der Waals surface area contributed by atoms with E-state index in [0.717, 1.165) is 65.4 Å². The first-order valence-electron chi connectivity index (χ1n) is 11.2. The number of nitrogens with one attached hydrogen (secondary N) is 1. The number of anilines is 1. The zero-order valence-electron chi connectivity index (χ0n) is 19.1. The van der Waals surface area contributed by atoms with Gasteiger partial charge in [0.15, 0.2) is 11.5 Å². The topological polar surface area (TPSA) is 63.7 Å². The van der Waals surface area contributed by atoms with Gasteiger partial charge < -0.3 is 14.8 Å². The number of thiazole rings is 1. The number of nitrogens with zero attached hydrogens (tertiary/aromatic N) is 2. The van der Waals surface area contributed by atoms with Crippen LogP contribution in [0.1, 0.15) is 29.8 Å². The number of piperidine rings is 1. The quantitative estimate of drug-likeness (QED) is 0.498. The number of halogens is 1. The molecule has 1 saturated heterocycles. The molecular weight excluding hydrogens is 458 g/mol. The summed E-state index contributed by atoms with van der Waals surface area (Å²) in [5, 5.41) is 4.85. The smallest absolute Gasteiger partial charge is 0.228 e. The average Bonchev–Trinajstić information content (AvgIpc) is 3.38. The van der Waals surface area contributed by atoms with Crippen LogP contribution in [0, 0.1) is 18.3 Å². The minimum absolute atomic E-state index is 0.0946. The van der Waals surface area contributed by atoms with E-state index < -0.39 is 0 Å². The predicted octanol–water partition coefficient (Wildman–Crippen LogP) is 5.52. The summed E-state index contributed by atoms with van der Waals surface area (Å²) in [4.78, 5) is 19.9. The lowest BCUT2D eigenvalue weighted by Crippen LogP contribution is -2.35. The van der Waals surface area contributed by atoms with Gasteiger partial charge in [0.1, 0.15) is 0 Å². The molecule has 1 aliphatic carbocycles. The fraction of sp³-hybridized carbons (Fsp3) is 0.440. The number of carbonyl (C=O) groups excluding carboxylic acids is 1. The summed E-state index contributed by atoms with van der Waals surface area (Å²) in [5.74, 6) is 1.56. The van der Waals surface area contributed by atoms with Crippen molar-refractivity contribution in [2.24, 2.45) is 11.3 Å². The first-order valence-corrected chi connectivity index (χ1v) is 12.4. The molecule has 1 aromatic heterocycles. The molecular formula is C25H28ClN3O3S. The van der Waals surface area contributed by atoms with Crippen molar-refractivity contribution >= 4 is 44.7 Å². The maximum absolute atomic E-state index is 13.0. The van der Waals surface area contributed by atoms with Crippen LogP contribution < -0.4 is 14.8 Å². The molecule has 1 atom stereocenters. The van der Waals surface area contributed by atoms with Crippen LogP contribution in [-0.2, 0) is 11.3 Å². The molecule has 8 heteroatoms. The Morgan fingerprint density at radius 3 is 2.67 bits per heavy atom. The van der Waals surface area contributed by atoms with Crippen LogP contribution in [-0.4, -0.2) is 43.1 Å². The molecule has 174 valence electrons. The Hall–Kier alpha value is -2.35. The summed E-state index contributed by atoms with van der Waals surface area (Å²) in [7, 11) is 3.24. The second-order valence-electron chi connectivity index (χ2n) is 9.10. The maximum Gasteiger partial charge on any atom is 0.228 e. The fourth-order valence-electron chi connectivity index (χ4n) is 5.04. The second-order valence-corrected chi connectivity index (χ2v) is 10.7. The standard InChI is InChI=1S/C25H28ClN3O3S/c1-15-27-20-11-17(4-5-23(20)33-15)28-24(30)18-13-25(18)6-8-29(9-7-25)14-16-10-21(31-2)22(32-3)12-19(16)26/h4-5,10-12,18H,6-9,13-14H2,1-3H3,(H,28,30). The molecule has 1 N–H and O–H groups in total. The molecule has 0 bridgehead atoms. The van der Waals surface area contributed by atoms with E-state index in [1.165, 1.54) is 0 Å². The number of methoxy groups -OCH3 is 2. The van der Waals surface area contributed by atoms with Crippen LogP contribution in [0.3, 0.4) is 0 Å². The Balaban J connectivity index is 1.18. The van der Waals surface area contributed by atoms with Crippen molar-refractivity contribution in [1.82, 2.24) is 9.88 Å². The van der Waals surface area contributed by atoms with E-state index in [2.05, 4.69) is 15.2 Å². The van der Waals surface area contributed by atoms with Crippen molar-refractivity contribution in [3.05, 3.63) is 45.9 Å². The molecule has 2 heterocycles. The van der Waals surface area contributed by atoms with Gasteiger partial charge in [0.05, 0.1) is 29.4 Å². The fourth-order valence-corrected chi connectivity index (χ4v) is 6.06. The highest BCUT2D eigenvalue weighted by molar-refractivity contribution is 7.18. The second kappa shape index (κ2) is 8.78. The molecule has 0 radical (unpaired) electrons. The third-order valence-corrected chi connectivity index (χ3v) is 8.37. The summed E-state index contributed by atoms with van der Waals surface area (Å²) in [5.41, 5.74) is 2.95. The van der Waals surface area contributed by atoms with Gasteiger partial charge in [-0.2, -0.15) is 0 Å². The predicted molar refractivity (Wildman–Crippen MR) is 133 cm³/mol. The molecule has 1 saturated carbocycles. The molecule has 3 aromatic rings. The van der Waals surface area contributed by atoms with E-state index in [0.29, 0.717) is 16.5 Å². The van der Waals surface area contributed by atoms with Crippen molar-refractivity contribution in [3.8, 4) is 11.5 Å². The minimum atomic E-state index is 0.0946. The van der Waals surface area contributed by atoms with Gasteiger partial charge in [-0.15, -0.1) is 11.3 Å². The van der Waals surface area contributed by atoms with Crippen molar-refractivity contribution in [2.45, 2.75) is 32.7 Å². The van der Waals surface area contributed by atoms with E-state index in [-0.39, 0.29) is 17.2 Å². The normalized spacial score (nSPS) is 19.6. The van der Waals surface area contributed by atoms with Crippen LogP contribution >= 0.6 is 22.9 Å². The third kappa shape index (κ3) is 4.42. The highest BCUT2D eigenvalue weighted by Gasteiger charge is 2.58. The molecule has 1 unspecified atom stereocenters. The van der Waals surface area contributed by atoms with E-state index in [1.807, 2.05) is 37.3 Å². The van der Waals surface area contributed by atoms with Crippen molar-refractivity contribution < 1.29 is 14.3 Å². The Labute approximate surface area is 202 Å². The molecule has 5 rings (SSSR count). The summed E-state index contributed by atoms with van der Waals surface area (Å²) in [6.07, 6.45) is 3.03. The monoisotopic (exact) mass is 485 g/mol. The van der Waals surface area contributed by atoms with Gasteiger partial charge in [0.2, 0.25) is 5.91 Å². The first-order chi connectivity index (χ1) is 15.9. The van der Waals surface area contributed by atoms with Crippen LogP contribution in [0.5, 0.6) is 11.5 Å². The number of amides is 1. The highest BCUT2D eigenvalue weighted by atomic mass is 35.5. The van der Waals surface area contributed by atoms with Gasteiger partial charge in [-0.25, -0.2) is 4.98 Å². The van der Waals surface area contributed by atoms with Crippen LogP contribution in [0.25, 0.3) is 10.2 Å². The zero-order chi connectivity index (χ0) is 23.2. The average molecular weight is 486 g/mol. The largest absolute Gasteiger partial charge is 0.493 e. The van der Waals surface area contributed by atoms with Crippen molar-refractivity contribution in [1.29, 1.82) is 0 Å². The highest BCUT2D eigenvalue weighted by Crippen LogP contribution is 2.59. The minimum Gasteiger partial charge on any atom is -0.493 e. The molecule has 1 aliphatic heterocycles. The Bertz CT molecular complexity index is 1200. The van der Waals surface area contributed by atoms with Gasteiger partial charge >= 0.3 is 0 Å². The van der Waals surface area contributed by atoms with Crippen LogP contribution in [0.2, 0.25) is 5.02 Å². The number of aryl methyl sites for hydroxylation is 1. The van der Waals surface area contributed by atoms with Crippen LogP contribution in [0.4, 0.5) is 5.69 Å². The summed E-state index contributed by atoms with van der Waals surface area (Å²) in [6, 6.07) is 9.76. The van der Waals surface area contributed by atoms with Gasteiger partial charge in [-0.3, -0.25) is 9.69 Å². The van der Waals surface area contributed by atoms with E-state index in [1.54, 1.807) is 25.6 Å². The number of carbonyl (C=O) groups is 1. The van der Waals surface area contributed by atoms with Gasteiger partial charge in [0.25, 0.3) is 0 Å². The Morgan fingerprint density at radius 1 is 1.21 bits per heavy atom. The zero-order valence-corrected chi connectivity index (χ0v) is 20.7. The Kier molecular flexibility index (Phi) is 5.97. The van der Waals surface area contributed by atoms with Crippen molar-refractivity contribution in [2.75, 3.05) is 32.6 Å². The van der Waals surface area contributed by atoms with Gasteiger partial charge in [-0.05, 0) is 74.5 Å². The number of benzene rings is 2. The van der Waals surface area contributed by atoms with Crippen molar-refractivity contribution in [3.63, 3.8) is 0 Å². The van der Waals surface area contributed by atoms with E-state index in [4.69, 9.17) is 21.1 Å². The number of hydrogen-bond acceptors (Lipinski definition) is 6. The molecule has 1 spiro atoms. The summed E-state index contributed by atoms with van der Waals surface area (Å²) in [6.45, 7) is 4.68. The SMILES string of the molecule is COc1cc(Cl)c(CN2CCC3(CC2)CC3C(=O)Nc2ccc3sc(C)nc3c2)cc1OC. The van der Waals surface area contributed by atoms with Gasteiger partial charge in [0, 0.05) is 29.2 Å². The third-order valence-electron chi connectivity index (χ3n) is 7.07. The summed E-state index contributed by atoms with van der Waals surface area (Å²) >= 11 is 8.16. The lowest BCUT2D eigenvalue weighted by Gasteiger charge is -2.33. The first kappa shape index (κ1) is 22.4. The number of fused-ring (bicyclic) bond motifs is 1. The van der Waals surface area contributed by atoms with Gasteiger partial charge in [-0.1, -0.05) is 11.6 Å². The molecule has 1 amide bonds. The number of rotatable bonds is 6. The number of hydrogen-bond donors (Lipinski definition) is 1. The number of aromatic nitrogens is 1. The lowest BCUT2D eigenvalue weighted by molar-refractivity contribution is -0.118. The molecule has 2 fully saturated rings. The maximum atomic E-state index is 13.0. The number of likely N-dealkylation sites (tertiary alicyclic amines) is 1. The number of ether oxygens (including phenoxy) is 2. The van der Waals surface area contributed by atoms with Crippen LogP contribution in [0.15, 0.2) is 30.3 Å². The van der Waals surface area contributed by atoms with E-state index in [9.17, 15) is 4.79 Å². The Morgan fingerprint density at radius 2 is 1.94 bits per heavy atom. The molecule has 2 aliphatic rings. The molecule has 33 heavy (non-hydrogen) atoms. The lowest BCUT2D eigenvalue weighted by atomic mass is 9.90. The molecule has 6 nitrogen and oxygen atoms in total. The van der Waals surface area contributed by atoms with E-state index >= 15 is 0 Å².